The van der Waals surface area contributed by atoms with E-state index in [0.29, 0.717) is 0 Å². The molecule has 1 aliphatic rings. The third kappa shape index (κ3) is 2.03. The van der Waals surface area contributed by atoms with Crippen molar-refractivity contribution >= 4 is 11.3 Å². The third-order valence-electron chi connectivity index (χ3n) is 2.83. The highest BCUT2D eigenvalue weighted by Crippen LogP contribution is 2.50. The maximum absolute atomic E-state index is 12.6. The Morgan fingerprint density at radius 3 is 2.53 bits per heavy atom. The highest BCUT2D eigenvalue weighted by atomic mass is 32.1. The maximum atomic E-state index is 12.6. The average Bonchev–Trinajstić information content (AvgIpc) is 2.74. The van der Waals surface area contributed by atoms with Gasteiger partial charge >= 0.3 is 6.18 Å². The second kappa shape index (κ2) is 3.49. The molecule has 5 heteroatoms. The van der Waals surface area contributed by atoms with Crippen LogP contribution in [0, 0.1) is 0 Å². The third-order valence-corrected chi connectivity index (χ3v) is 3.53. The molecule has 0 amide bonds. The molecule has 1 aliphatic carbocycles. The van der Waals surface area contributed by atoms with E-state index in [9.17, 15) is 13.2 Å². The van der Waals surface area contributed by atoms with Gasteiger partial charge in [-0.3, -0.25) is 5.32 Å². The van der Waals surface area contributed by atoms with E-state index in [-0.39, 0.29) is 18.9 Å². The number of hydrogen-bond acceptors (Lipinski definition) is 2. The smallest absolute Gasteiger partial charge is 0.297 e. The minimum absolute atomic E-state index is 0.199. The van der Waals surface area contributed by atoms with Gasteiger partial charge in [0.1, 0.15) is 5.54 Å². The fourth-order valence-corrected chi connectivity index (χ4v) is 2.41. The van der Waals surface area contributed by atoms with Crippen LogP contribution in [0.25, 0.3) is 0 Å². The van der Waals surface area contributed by atoms with Crippen molar-refractivity contribution in [2.75, 3.05) is 0 Å². The molecule has 1 N–H and O–H groups in total. The summed E-state index contributed by atoms with van der Waals surface area (Å²) in [5.41, 5.74) is -0.690. The van der Waals surface area contributed by atoms with E-state index >= 15 is 0 Å². The number of nitrogens with one attached hydrogen (secondary N) is 1. The maximum Gasteiger partial charge on any atom is 0.406 e. The van der Waals surface area contributed by atoms with Crippen molar-refractivity contribution < 1.29 is 13.2 Å². The molecule has 1 heterocycles. The number of halogens is 3. The molecule has 1 aromatic heterocycles. The molecule has 0 aromatic carbocycles. The number of alkyl halides is 3. The van der Waals surface area contributed by atoms with Gasteiger partial charge in [-0.2, -0.15) is 24.5 Å². The Morgan fingerprint density at radius 1 is 1.47 bits per heavy atom. The molecule has 1 unspecified atom stereocenters. The Morgan fingerprint density at radius 2 is 2.13 bits per heavy atom. The van der Waals surface area contributed by atoms with Gasteiger partial charge < -0.3 is 0 Å². The van der Waals surface area contributed by atoms with E-state index in [2.05, 4.69) is 5.32 Å². The van der Waals surface area contributed by atoms with E-state index in [0.717, 1.165) is 5.56 Å². The molecule has 1 aromatic rings. The highest BCUT2D eigenvalue weighted by Gasteiger charge is 2.63. The predicted octanol–water partition coefficient (Wildman–Crippen LogP) is 3.49. The van der Waals surface area contributed by atoms with Gasteiger partial charge in [-0.25, -0.2) is 0 Å². The lowest BCUT2D eigenvalue weighted by Gasteiger charge is -2.24. The van der Waals surface area contributed by atoms with Crippen LogP contribution in [0.1, 0.15) is 31.4 Å². The SMILES string of the molecule is CC(NC1(C(F)(F)F)CC1)c1ccsc1. The van der Waals surface area contributed by atoms with E-state index in [4.69, 9.17) is 0 Å². The van der Waals surface area contributed by atoms with Gasteiger partial charge in [0.15, 0.2) is 0 Å². The summed E-state index contributed by atoms with van der Waals surface area (Å²) >= 11 is 1.50. The van der Waals surface area contributed by atoms with Gasteiger partial charge in [-0.05, 0) is 42.2 Å². The first kappa shape index (κ1) is 11.0. The lowest BCUT2D eigenvalue weighted by molar-refractivity contribution is -0.167. The van der Waals surface area contributed by atoms with Crippen molar-refractivity contribution in [3.63, 3.8) is 0 Å². The summed E-state index contributed by atoms with van der Waals surface area (Å²) in [5.74, 6) is 0. The first-order valence-electron chi connectivity index (χ1n) is 4.81. The van der Waals surface area contributed by atoms with Crippen LogP contribution < -0.4 is 5.32 Å². The highest BCUT2D eigenvalue weighted by molar-refractivity contribution is 7.07. The zero-order valence-corrected chi connectivity index (χ0v) is 9.08. The van der Waals surface area contributed by atoms with Crippen LogP contribution in [0.15, 0.2) is 16.8 Å². The topological polar surface area (TPSA) is 12.0 Å². The normalized spacial score (nSPS) is 21.3. The first-order chi connectivity index (χ1) is 6.95. The number of hydrogen-bond donors (Lipinski definition) is 1. The molecule has 0 saturated heterocycles. The molecule has 0 radical (unpaired) electrons. The zero-order valence-electron chi connectivity index (χ0n) is 8.27. The lowest BCUT2D eigenvalue weighted by atomic mass is 10.1. The standard InChI is InChI=1S/C10H12F3NS/c1-7(8-2-5-15-6-8)14-9(3-4-9)10(11,12)13/h2,5-7,14H,3-4H2,1H3. The molecule has 1 nitrogen and oxygen atoms in total. The number of rotatable bonds is 3. The monoisotopic (exact) mass is 235 g/mol. The fourth-order valence-electron chi connectivity index (χ4n) is 1.65. The van der Waals surface area contributed by atoms with Crippen molar-refractivity contribution in [1.82, 2.24) is 5.32 Å². The van der Waals surface area contributed by atoms with Gasteiger partial charge in [0.05, 0.1) is 0 Å². The molecule has 1 fully saturated rings. The van der Waals surface area contributed by atoms with Crippen LogP contribution >= 0.6 is 11.3 Å². The summed E-state index contributed by atoms with van der Waals surface area (Å²) in [5, 5.41) is 6.45. The van der Waals surface area contributed by atoms with Crippen molar-refractivity contribution in [1.29, 1.82) is 0 Å². The van der Waals surface area contributed by atoms with E-state index in [1.165, 1.54) is 11.3 Å². The second-order valence-corrected chi connectivity index (χ2v) is 4.78. The fraction of sp³-hybridized carbons (Fsp3) is 0.600. The second-order valence-electron chi connectivity index (χ2n) is 4.00. The quantitative estimate of drug-likeness (QED) is 0.845. The van der Waals surface area contributed by atoms with Crippen LogP contribution in [0.2, 0.25) is 0 Å². The predicted molar refractivity (Wildman–Crippen MR) is 53.9 cm³/mol. The molecule has 0 spiro atoms. The largest absolute Gasteiger partial charge is 0.406 e. The zero-order chi connectivity index (χ0) is 11.1. The first-order valence-corrected chi connectivity index (χ1v) is 5.75. The summed E-state index contributed by atoms with van der Waals surface area (Å²) in [6, 6.07) is 1.62. The summed E-state index contributed by atoms with van der Waals surface area (Å²) in [4.78, 5) is 0. The summed E-state index contributed by atoms with van der Waals surface area (Å²) < 4.78 is 37.9. The molecule has 15 heavy (non-hydrogen) atoms. The summed E-state index contributed by atoms with van der Waals surface area (Å²) in [7, 11) is 0. The molecular formula is C10H12F3NS. The molecule has 2 rings (SSSR count). The molecule has 84 valence electrons. The van der Waals surface area contributed by atoms with Crippen LogP contribution in [0.3, 0.4) is 0 Å². The molecule has 0 aliphatic heterocycles. The van der Waals surface area contributed by atoms with Gasteiger partial charge in [0.2, 0.25) is 0 Å². The van der Waals surface area contributed by atoms with Crippen molar-refractivity contribution in [3.05, 3.63) is 22.4 Å². The van der Waals surface area contributed by atoms with Crippen LogP contribution in [0.5, 0.6) is 0 Å². The lowest BCUT2D eigenvalue weighted by Crippen LogP contribution is -2.45. The average molecular weight is 235 g/mol. The van der Waals surface area contributed by atoms with Gasteiger partial charge in [-0.15, -0.1) is 0 Å². The van der Waals surface area contributed by atoms with Crippen LogP contribution in [0.4, 0.5) is 13.2 Å². The Bertz CT molecular complexity index is 327. The van der Waals surface area contributed by atoms with Crippen LogP contribution in [-0.4, -0.2) is 11.7 Å². The molecule has 1 saturated carbocycles. The van der Waals surface area contributed by atoms with Gasteiger partial charge in [0.25, 0.3) is 0 Å². The minimum atomic E-state index is -4.13. The van der Waals surface area contributed by atoms with Crippen molar-refractivity contribution in [3.8, 4) is 0 Å². The van der Waals surface area contributed by atoms with E-state index in [1.807, 2.05) is 16.8 Å². The van der Waals surface area contributed by atoms with Crippen LogP contribution in [-0.2, 0) is 0 Å². The molecule has 0 bridgehead atoms. The Labute approximate surface area is 90.3 Å². The minimum Gasteiger partial charge on any atom is -0.297 e. The Balaban J connectivity index is 2.04. The number of thiophene rings is 1. The Kier molecular flexibility index (Phi) is 2.55. The molecular weight excluding hydrogens is 223 g/mol. The van der Waals surface area contributed by atoms with Crippen molar-refractivity contribution in [2.24, 2.45) is 0 Å². The summed E-state index contributed by atoms with van der Waals surface area (Å²) in [6.07, 6.45) is -3.73. The van der Waals surface area contributed by atoms with Crippen molar-refractivity contribution in [2.45, 2.75) is 37.5 Å². The van der Waals surface area contributed by atoms with Gasteiger partial charge in [-0.1, -0.05) is 0 Å². The van der Waals surface area contributed by atoms with E-state index < -0.39 is 11.7 Å². The van der Waals surface area contributed by atoms with E-state index in [1.54, 1.807) is 6.92 Å². The Hall–Kier alpha value is -0.550. The molecule has 1 atom stereocenters. The van der Waals surface area contributed by atoms with Gasteiger partial charge in [0, 0.05) is 6.04 Å². The summed E-state index contributed by atoms with van der Waals surface area (Å²) in [6.45, 7) is 1.77.